The molecule has 0 radical (unpaired) electrons. The molecule has 1 saturated heterocycles. The van der Waals surface area contributed by atoms with Crippen LogP contribution in [0.3, 0.4) is 0 Å². The Kier molecular flexibility index (Phi) is 3.88. The summed E-state index contributed by atoms with van der Waals surface area (Å²) in [6, 6.07) is 0.0524. The second-order valence-electron chi connectivity index (χ2n) is 6.58. The van der Waals surface area contributed by atoms with Gasteiger partial charge in [-0.15, -0.1) is 0 Å². The van der Waals surface area contributed by atoms with Crippen molar-refractivity contribution in [2.75, 3.05) is 27.3 Å². The van der Waals surface area contributed by atoms with Gasteiger partial charge in [0.25, 0.3) is 0 Å². The summed E-state index contributed by atoms with van der Waals surface area (Å²) in [4.78, 5) is 40.5. The van der Waals surface area contributed by atoms with Crippen molar-refractivity contribution < 1.29 is 23.9 Å². The Morgan fingerprint density at radius 1 is 1.36 bits per heavy atom. The molecular weight excluding hydrogens is 328 g/mol. The van der Waals surface area contributed by atoms with Crippen LogP contribution >= 0.6 is 0 Å². The highest BCUT2D eigenvalue weighted by molar-refractivity contribution is 6.25. The topological polar surface area (TPSA) is 128 Å². The fourth-order valence-corrected chi connectivity index (χ4v) is 4.09. The zero-order valence-corrected chi connectivity index (χ0v) is 14.7. The third-order valence-corrected chi connectivity index (χ3v) is 5.47. The summed E-state index contributed by atoms with van der Waals surface area (Å²) in [5, 5.41) is 0. The average Bonchev–Trinajstić information content (AvgIpc) is 2.99. The summed E-state index contributed by atoms with van der Waals surface area (Å²) in [5.74, 6) is -2.57. The van der Waals surface area contributed by atoms with Crippen molar-refractivity contribution in [1.82, 2.24) is 9.80 Å². The Balaban J connectivity index is 2.18. The quantitative estimate of drug-likeness (QED) is 0.639. The van der Waals surface area contributed by atoms with Crippen LogP contribution in [-0.4, -0.2) is 66.7 Å². The van der Waals surface area contributed by atoms with Gasteiger partial charge in [-0.05, 0) is 20.9 Å². The predicted molar refractivity (Wildman–Crippen MR) is 86.6 cm³/mol. The summed E-state index contributed by atoms with van der Waals surface area (Å²) >= 11 is 0. The van der Waals surface area contributed by atoms with Gasteiger partial charge in [-0.3, -0.25) is 14.5 Å². The molecular formula is C16H22N4O5. The molecule has 1 fully saturated rings. The summed E-state index contributed by atoms with van der Waals surface area (Å²) < 4.78 is 10.8. The Hall–Kier alpha value is -2.39. The van der Waals surface area contributed by atoms with Crippen LogP contribution in [0, 0.1) is 5.92 Å². The molecule has 3 atom stereocenters. The van der Waals surface area contributed by atoms with Gasteiger partial charge >= 0.3 is 6.09 Å². The van der Waals surface area contributed by atoms with E-state index in [0.717, 1.165) is 0 Å². The number of carbonyl (C=O) groups is 3. The van der Waals surface area contributed by atoms with E-state index in [1.165, 1.54) is 14.0 Å². The molecule has 9 nitrogen and oxygen atoms in total. The van der Waals surface area contributed by atoms with Crippen molar-refractivity contribution in [3.8, 4) is 0 Å². The van der Waals surface area contributed by atoms with Crippen molar-refractivity contribution in [2.24, 2.45) is 17.4 Å². The molecule has 136 valence electrons. The van der Waals surface area contributed by atoms with E-state index < -0.39 is 23.6 Å². The molecule has 3 unspecified atom stereocenters. The van der Waals surface area contributed by atoms with Crippen molar-refractivity contribution in [1.29, 1.82) is 0 Å². The molecule has 0 bridgehead atoms. The van der Waals surface area contributed by atoms with Gasteiger partial charge in [-0.2, -0.15) is 0 Å². The van der Waals surface area contributed by atoms with Crippen molar-refractivity contribution >= 4 is 17.7 Å². The SMILES string of the molecule is COC12C(COC(N)=O)C3=C(C(=O)C(C)=C(N)C3=O)N1CC(C)N2C. The van der Waals surface area contributed by atoms with Gasteiger partial charge in [0.05, 0.1) is 17.3 Å². The van der Waals surface area contributed by atoms with E-state index in [0.29, 0.717) is 6.54 Å². The summed E-state index contributed by atoms with van der Waals surface area (Å²) in [6.07, 6.45) is -0.963. The monoisotopic (exact) mass is 350 g/mol. The van der Waals surface area contributed by atoms with E-state index in [9.17, 15) is 14.4 Å². The normalized spacial score (nSPS) is 32.4. The molecule has 3 aliphatic rings. The standard InChI is InChI=1S/C16H22N4O5/c1-7-5-20-12-10(14(22)11(17)8(2)13(12)21)9(6-25-15(18)23)16(20,24-4)19(7)3/h7,9H,5-6,17H2,1-4H3,(H2,18,23). The Bertz CT molecular complexity index is 743. The van der Waals surface area contributed by atoms with E-state index in [-0.39, 0.29) is 41.0 Å². The molecule has 0 spiro atoms. The van der Waals surface area contributed by atoms with Crippen LogP contribution in [0.1, 0.15) is 13.8 Å². The molecule has 25 heavy (non-hydrogen) atoms. The van der Waals surface area contributed by atoms with Gasteiger partial charge in [-0.25, -0.2) is 4.79 Å². The maximum Gasteiger partial charge on any atom is 0.404 e. The lowest BCUT2D eigenvalue weighted by Crippen LogP contribution is -2.57. The molecule has 1 amide bonds. The number of primary amides is 1. The first-order chi connectivity index (χ1) is 11.7. The fraction of sp³-hybridized carbons (Fsp3) is 0.562. The highest BCUT2D eigenvalue weighted by Crippen LogP contribution is 2.51. The molecule has 1 aliphatic carbocycles. The second-order valence-corrected chi connectivity index (χ2v) is 6.58. The first-order valence-electron chi connectivity index (χ1n) is 7.96. The first kappa shape index (κ1) is 17.4. The molecule has 9 heteroatoms. The van der Waals surface area contributed by atoms with Crippen LogP contribution in [-0.2, 0) is 19.1 Å². The predicted octanol–water partition coefficient (Wildman–Crippen LogP) is -0.714. The van der Waals surface area contributed by atoms with Gasteiger partial charge in [0.2, 0.25) is 17.4 Å². The number of ether oxygens (including phenoxy) is 2. The zero-order valence-electron chi connectivity index (χ0n) is 14.7. The number of hydrogen-bond acceptors (Lipinski definition) is 8. The van der Waals surface area contributed by atoms with Crippen molar-refractivity contribution in [2.45, 2.75) is 25.7 Å². The van der Waals surface area contributed by atoms with Crippen molar-refractivity contribution in [3.63, 3.8) is 0 Å². The third-order valence-electron chi connectivity index (χ3n) is 5.47. The van der Waals surface area contributed by atoms with Crippen LogP contribution in [0.4, 0.5) is 4.79 Å². The number of carbonyl (C=O) groups excluding carboxylic acids is 3. The lowest BCUT2D eigenvalue weighted by Gasteiger charge is -2.42. The minimum Gasteiger partial charge on any atom is -0.449 e. The van der Waals surface area contributed by atoms with Gasteiger partial charge in [0, 0.05) is 30.8 Å². The number of nitrogens with two attached hydrogens (primary N) is 2. The minimum atomic E-state index is -1.12. The molecule has 0 aromatic heterocycles. The zero-order chi connectivity index (χ0) is 18.7. The number of fused-ring (bicyclic) bond motifs is 2. The lowest BCUT2D eigenvalue weighted by molar-refractivity contribution is -0.203. The van der Waals surface area contributed by atoms with Crippen LogP contribution < -0.4 is 11.5 Å². The number of hydrogen-bond donors (Lipinski definition) is 2. The second kappa shape index (κ2) is 5.57. The first-order valence-corrected chi connectivity index (χ1v) is 7.96. The highest BCUT2D eigenvalue weighted by Gasteiger charge is 2.64. The number of Topliss-reactive ketones (excluding diaryl/α,β-unsaturated/α-hetero) is 2. The van der Waals surface area contributed by atoms with E-state index in [1.54, 1.807) is 4.90 Å². The molecule has 4 N–H and O–H groups in total. The van der Waals surface area contributed by atoms with Crippen molar-refractivity contribution in [3.05, 3.63) is 22.5 Å². The molecule has 2 aliphatic heterocycles. The number of amides is 1. The summed E-state index contributed by atoms with van der Waals surface area (Å²) in [7, 11) is 3.33. The maximum absolute atomic E-state index is 12.9. The molecule has 2 heterocycles. The van der Waals surface area contributed by atoms with Gasteiger partial charge in [0.15, 0.2) is 0 Å². The highest BCUT2D eigenvalue weighted by atomic mass is 16.6. The molecule has 0 aromatic carbocycles. The van der Waals surface area contributed by atoms with Crippen LogP contribution in [0.2, 0.25) is 0 Å². The number of methoxy groups -OCH3 is 1. The smallest absolute Gasteiger partial charge is 0.404 e. The van der Waals surface area contributed by atoms with E-state index in [4.69, 9.17) is 20.9 Å². The largest absolute Gasteiger partial charge is 0.449 e. The number of ketones is 2. The van der Waals surface area contributed by atoms with Gasteiger partial charge < -0.3 is 25.8 Å². The van der Waals surface area contributed by atoms with Crippen LogP contribution in [0.25, 0.3) is 0 Å². The van der Waals surface area contributed by atoms with E-state index in [2.05, 4.69) is 0 Å². The fourth-order valence-electron chi connectivity index (χ4n) is 4.09. The average molecular weight is 350 g/mol. The minimum absolute atomic E-state index is 0.0524. The lowest BCUT2D eigenvalue weighted by atomic mass is 9.85. The number of rotatable bonds is 3. The number of likely N-dealkylation sites (N-methyl/N-ethyl adjacent to an activating group) is 1. The van der Waals surface area contributed by atoms with E-state index in [1.807, 2.05) is 18.9 Å². The van der Waals surface area contributed by atoms with Gasteiger partial charge in [0.1, 0.15) is 6.61 Å². The Morgan fingerprint density at radius 3 is 2.56 bits per heavy atom. The summed E-state index contributed by atoms with van der Waals surface area (Å²) in [6.45, 7) is 3.81. The summed E-state index contributed by atoms with van der Waals surface area (Å²) in [5.41, 5.74) is 11.6. The molecule has 0 saturated carbocycles. The maximum atomic E-state index is 12.9. The van der Waals surface area contributed by atoms with Crippen LogP contribution in [0.15, 0.2) is 22.5 Å². The Morgan fingerprint density at radius 2 is 2.00 bits per heavy atom. The number of nitrogens with zero attached hydrogens (tertiary/aromatic N) is 2. The van der Waals surface area contributed by atoms with Gasteiger partial charge in [-0.1, -0.05) is 0 Å². The molecule has 3 rings (SSSR count). The Labute approximate surface area is 145 Å². The van der Waals surface area contributed by atoms with Crippen LogP contribution in [0.5, 0.6) is 0 Å². The third kappa shape index (κ3) is 2.05. The van der Waals surface area contributed by atoms with E-state index >= 15 is 0 Å². The molecule has 0 aromatic rings. The number of allylic oxidation sites excluding steroid dienone is 2.